The van der Waals surface area contributed by atoms with Crippen LogP contribution in [0.25, 0.3) is 4.96 Å². The lowest BCUT2D eigenvalue weighted by Crippen LogP contribution is -2.48. The predicted molar refractivity (Wildman–Crippen MR) is 97.8 cm³/mol. The molecular weight excluding hydrogens is 328 g/mol. The van der Waals surface area contributed by atoms with Gasteiger partial charge in [-0.25, -0.2) is 0 Å². The second-order valence-corrected chi connectivity index (χ2v) is 9.53. The number of benzene rings is 1. The van der Waals surface area contributed by atoms with Gasteiger partial charge in [-0.2, -0.15) is 9.61 Å². The minimum absolute atomic E-state index is 0.351. The molecule has 0 atom stereocenters. The summed E-state index contributed by atoms with van der Waals surface area (Å²) in [5, 5.41) is 15.2. The standard InChI is InChI=1S/C20H22N4S/c1-2-4-13(5-3-1)9-17-21-22-19-24(17)23-18(25-19)20-10-14-6-15(11-20)8-16(7-14)12-20/h1-5,14-16H,6-12H2. The Balaban J connectivity index is 1.38. The second kappa shape index (κ2) is 5.13. The highest BCUT2D eigenvalue weighted by Gasteiger charge is 2.53. The van der Waals surface area contributed by atoms with Crippen molar-refractivity contribution in [2.24, 2.45) is 17.8 Å². The van der Waals surface area contributed by atoms with Crippen LogP contribution in [0.15, 0.2) is 30.3 Å². The molecule has 25 heavy (non-hydrogen) atoms. The zero-order valence-corrected chi connectivity index (χ0v) is 15.1. The maximum absolute atomic E-state index is 5.07. The first-order chi connectivity index (χ1) is 12.3. The molecule has 0 aliphatic heterocycles. The molecule has 128 valence electrons. The van der Waals surface area contributed by atoms with E-state index < -0.39 is 0 Å². The molecule has 1 aromatic carbocycles. The van der Waals surface area contributed by atoms with E-state index >= 15 is 0 Å². The van der Waals surface area contributed by atoms with Crippen molar-refractivity contribution in [1.82, 2.24) is 19.8 Å². The van der Waals surface area contributed by atoms with E-state index in [1.165, 1.54) is 49.1 Å². The van der Waals surface area contributed by atoms with E-state index in [2.05, 4.69) is 40.5 Å². The summed E-state index contributed by atoms with van der Waals surface area (Å²) >= 11 is 1.80. The molecule has 0 saturated heterocycles. The van der Waals surface area contributed by atoms with Crippen molar-refractivity contribution in [2.45, 2.75) is 50.4 Å². The summed E-state index contributed by atoms with van der Waals surface area (Å²) in [7, 11) is 0. The van der Waals surface area contributed by atoms with Crippen molar-refractivity contribution in [1.29, 1.82) is 0 Å². The summed E-state index contributed by atoms with van der Waals surface area (Å²) in [4.78, 5) is 0.969. The molecule has 0 N–H and O–H groups in total. The largest absolute Gasteiger partial charge is 0.234 e. The molecule has 4 aliphatic rings. The number of rotatable bonds is 3. The minimum atomic E-state index is 0.351. The third kappa shape index (κ3) is 2.21. The normalized spacial score (nSPS) is 33.4. The molecule has 0 radical (unpaired) electrons. The van der Waals surface area contributed by atoms with Crippen LogP contribution in [0.1, 0.15) is 54.9 Å². The molecule has 0 unspecified atom stereocenters. The van der Waals surface area contributed by atoms with E-state index in [9.17, 15) is 0 Å². The number of nitrogens with zero attached hydrogens (tertiary/aromatic N) is 4. The zero-order valence-electron chi connectivity index (χ0n) is 14.3. The van der Waals surface area contributed by atoms with Crippen LogP contribution < -0.4 is 0 Å². The number of hydrogen-bond donors (Lipinski definition) is 0. The average molecular weight is 350 g/mol. The quantitative estimate of drug-likeness (QED) is 0.709. The molecule has 3 aromatic rings. The van der Waals surface area contributed by atoms with Crippen molar-refractivity contribution >= 4 is 16.3 Å². The summed E-state index contributed by atoms with van der Waals surface area (Å²) in [6.45, 7) is 0. The number of fused-ring (bicyclic) bond motifs is 1. The lowest BCUT2D eigenvalue weighted by atomic mass is 9.50. The van der Waals surface area contributed by atoms with Crippen LogP contribution in [0.4, 0.5) is 0 Å². The maximum Gasteiger partial charge on any atom is 0.234 e. The maximum atomic E-state index is 5.07. The fourth-order valence-electron chi connectivity index (χ4n) is 6.13. The fraction of sp³-hybridized carbons (Fsp3) is 0.550. The van der Waals surface area contributed by atoms with Gasteiger partial charge in [-0.3, -0.25) is 0 Å². The molecule has 4 aliphatic carbocycles. The van der Waals surface area contributed by atoms with Crippen LogP contribution in [-0.2, 0) is 11.8 Å². The summed E-state index contributed by atoms with van der Waals surface area (Å²) in [5.41, 5.74) is 1.62. The molecule has 4 nitrogen and oxygen atoms in total. The smallest absolute Gasteiger partial charge is 0.187 e. The van der Waals surface area contributed by atoms with E-state index in [-0.39, 0.29) is 0 Å². The third-order valence-electron chi connectivity index (χ3n) is 6.75. The van der Waals surface area contributed by atoms with E-state index in [1.54, 1.807) is 11.3 Å². The molecule has 0 amide bonds. The van der Waals surface area contributed by atoms with Crippen LogP contribution in [0, 0.1) is 17.8 Å². The van der Waals surface area contributed by atoms with Crippen LogP contribution in [0.5, 0.6) is 0 Å². The van der Waals surface area contributed by atoms with Crippen molar-refractivity contribution in [3.8, 4) is 0 Å². The molecular formula is C20H22N4S. The molecule has 2 heterocycles. The first-order valence-corrected chi connectivity index (χ1v) is 10.3. The van der Waals surface area contributed by atoms with Crippen molar-refractivity contribution < 1.29 is 0 Å². The van der Waals surface area contributed by atoms with Gasteiger partial charge in [-0.15, -0.1) is 10.2 Å². The molecule has 4 fully saturated rings. The van der Waals surface area contributed by atoms with E-state index in [1.807, 2.05) is 4.52 Å². The highest BCUT2D eigenvalue weighted by Crippen LogP contribution is 2.61. The SMILES string of the molecule is c1ccc(Cc2nnc3sc(C45CC6CC(CC(C6)C4)C5)nn23)cc1. The van der Waals surface area contributed by atoms with Gasteiger partial charge >= 0.3 is 0 Å². The summed E-state index contributed by atoms with van der Waals surface area (Å²) in [6, 6.07) is 10.5. The van der Waals surface area contributed by atoms with E-state index in [4.69, 9.17) is 5.10 Å². The van der Waals surface area contributed by atoms with Gasteiger partial charge in [0.25, 0.3) is 0 Å². The first kappa shape index (κ1) is 14.4. The Bertz CT molecular complexity index is 890. The van der Waals surface area contributed by atoms with Crippen LogP contribution >= 0.6 is 11.3 Å². The number of hydrogen-bond acceptors (Lipinski definition) is 4. The Kier molecular flexibility index (Phi) is 2.96. The minimum Gasteiger partial charge on any atom is -0.187 e. The average Bonchev–Trinajstić information content (AvgIpc) is 3.17. The van der Waals surface area contributed by atoms with Gasteiger partial charge in [0.1, 0.15) is 5.01 Å². The van der Waals surface area contributed by atoms with Gasteiger partial charge in [-0.05, 0) is 61.8 Å². The first-order valence-electron chi connectivity index (χ1n) is 9.53. The van der Waals surface area contributed by atoms with Gasteiger partial charge in [0.15, 0.2) is 5.82 Å². The van der Waals surface area contributed by atoms with Gasteiger partial charge in [0.2, 0.25) is 4.96 Å². The van der Waals surface area contributed by atoms with Crippen molar-refractivity contribution in [3.05, 3.63) is 46.7 Å². The monoisotopic (exact) mass is 350 g/mol. The topological polar surface area (TPSA) is 43.1 Å². The fourth-order valence-corrected chi connectivity index (χ4v) is 7.21. The number of aromatic nitrogens is 4. The van der Waals surface area contributed by atoms with Gasteiger partial charge < -0.3 is 0 Å². The summed E-state index contributed by atoms with van der Waals surface area (Å²) in [6.07, 6.45) is 9.30. The van der Waals surface area contributed by atoms with Gasteiger partial charge in [0, 0.05) is 11.8 Å². The molecule has 5 heteroatoms. The lowest BCUT2D eigenvalue weighted by Gasteiger charge is -2.55. The molecule has 4 bridgehead atoms. The second-order valence-electron chi connectivity index (χ2n) is 8.58. The zero-order chi connectivity index (χ0) is 16.4. The van der Waals surface area contributed by atoms with E-state index in [0.29, 0.717) is 5.41 Å². The predicted octanol–water partition coefficient (Wildman–Crippen LogP) is 4.24. The highest BCUT2D eigenvalue weighted by molar-refractivity contribution is 7.16. The Labute approximate surface area is 151 Å². The molecule has 4 saturated carbocycles. The van der Waals surface area contributed by atoms with Crippen molar-refractivity contribution in [3.63, 3.8) is 0 Å². The van der Waals surface area contributed by atoms with Crippen LogP contribution in [0.2, 0.25) is 0 Å². The Morgan fingerprint density at radius 1 is 0.960 bits per heavy atom. The van der Waals surface area contributed by atoms with Crippen LogP contribution in [0.3, 0.4) is 0 Å². The Hall–Kier alpha value is -1.75. The van der Waals surface area contributed by atoms with Gasteiger partial charge in [-0.1, -0.05) is 41.7 Å². The summed E-state index contributed by atoms with van der Waals surface area (Å²) < 4.78 is 2.02. The Morgan fingerprint density at radius 3 is 2.32 bits per heavy atom. The lowest BCUT2D eigenvalue weighted by molar-refractivity contribution is -0.00567. The van der Waals surface area contributed by atoms with Gasteiger partial charge in [0.05, 0.1) is 0 Å². The molecule has 2 aromatic heterocycles. The third-order valence-corrected chi connectivity index (χ3v) is 7.90. The Morgan fingerprint density at radius 2 is 1.64 bits per heavy atom. The summed E-state index contributed by atoms with van der Waals surface area (Å²) in [5.74, 6) is 3.81. The van der Waals surface area contributed by atoms with E-state index in [0.717, 1.165) is 35.0 Å². The van der Waals surface area contributed by atoms with Crippen molar-refractivity contribution in [2.75, 3.05) is 0 Å². The molecule has 0 spiro atoms. The van der Waals surface area contributed by atoms with Crippen LogP contribution in [-0.4, -0.2) is 19.8 Å². The molecule has 7 rings (SSSR count). The highest BCUT2D eigenvalue weighted by atomic mass is 32.1.